The van der Waals surface area contributed by atoms with Crippen molar-refractivity contribution in [2.75, 3.05) is 24.0 Å². The molecule has 0 radical (unpaired) electrons. The maximum atomic E-state index is 12.6. The molecule has 0 spiro atoms. The summed E-state index contributed by atoms with van der Waals surface area (Å²) in [7, 11) is 2.46. The first-order chi connectivity index (χ1) is 24.0. The summed E-state index contributed by atoms with van der Waals surface area (Å²) in [6, 6.07) is 2.67. The number of imide groups is 2. The largest absolute Gasteiger partial charge is 0.465 e. The predicted molar refractivity (Wildman–Crippen MR) is 198 cm³/mol. The van der Waals surface area contributed by atoms with E-state index in [-0.39, 0.29) is 27.8 Å². The molecule has 16 nitrogen and oxygen atoms in total. The average molecular weight is 812 g/mol. The van der Waals surface area contributed by atoms with E-state index in [4.69, 9.17) is 28.4 Å². The van der Waals surface area contributed by atoms with Crippen LogP contribution in [0, 0.1) is 6.92 Å². The number of hydrogen-bond acceptors (Lipinski definition) is 14. The Hall–Kier alpha value is -4.80. The zero-order valence-corrected chi connectivity index (χ0v) is 34.7. The summed E-state index contributed by atoms with van der Waals surface area (Å²) in [4.78, 5) is 84.0. The molecule has 0 aliphatic rings. The molecule has 4 amide bonds. The highest BCUT2D eigenvalue weighted by atomic mass is 79.9. The van der Waals surface area contributed by atoms with Crippen LogP contribution in [0.25, 0.3) is 0 Å². The summed E-state index contributed by atoms with van der Waals surface area (Å²) in [5.41, 5.74) is -2.24. The van der Waals surface area contributed by atoms with Gasteiger partial charge in [0.25, 0.3) is 0 Å². The third kappa shape index (κ3) is 15.4. The highest BCUT2D eigenvalue weighted by Crippen LogP contribution is 2.26. The smallest absolute Gasteiger partial charge is 0.424 e. The minimum Gasteiger partial charge on any atom is -0.465 e. The quantitative estimate of drug-likeness (QED) is 0.159. The van der Waals surface area contributed by atoms with Crippen LogP contribution in [-0.2, 0) is 33.8 Å². The molecular formula is C36H51BrN4O12. The lowest BCUT2D eigenvalue weighted by Gasteiger charge is -2.28. The number of carbonyl (C=O) groups is 6. The number of aromatic nitrogens is 2. The number of aryl methyl sites for hydroxylation is 1. The molecule has 0 fully saturated rings. The van der Waals surface area contributed by atoms with Gasteiger partial charge in [0, 0.05) is 5.33 Å². The molecule has 0 aromatic carbocycles. The van der Waals surface area contributed by atoms with E-state index in [0.29, 0.717) is 21.2 Å². The van der Waals surface area contributed by atoms with Crippen LogP contribution in [0.1, 0.15) is 115 Å². The molecule has 2 rings (SSSR count). The molecule has 2 aromatic rings. The summed E-state index contributed by atoms with van der Waals surface area (Å²) in [6.07, 6.45) is -1.18. The van der Waals surface area contributed by atoms with E-state index in [9.17, 15) is 28.8 Å². The number of pyridine rings is 2. The Balaban J connectivity index is 0.000000530. The van der Waals surface area contributed by atoms with Gasteiger partial charge in [-0.05, 0) is 102 Å². The Morgan fingerprint density at radius 3 is 1.17 bits per heavy atom. The zero-order valence-electron chi connectivity index (χ0n) is 33.1. The van der Waals surface area contributed by atoms with Gasteiger partial charge in [-0.1, -0.05) is 15.9 Å². The lowest BCUT2D eigenvalue weighted by atomic mass is 10.2. The van der Waals surface area contributed by atoms with Crippen molar-refractivity contribution >= 4 is 63.6 Å². The standard InChI is InChI=1S/C18H25BrN2O6.C18H26N2O6/c1-17(2,3)26-15(23)21(16(24)27-18(4,5)6)11-8-12(14(22)25-7)13(9-19)20-10-11;1-11-13(14(21)24-8)9-12(10-19-11)20(15(22)25-17(2,3)4)16(23)26-18(5,6)7/h8,10H,9H2,1-7H3;9-10H,1-8H3. The van der Waals surface area contributed by atoms with Crippen LogP contribution in [-0.4, -0.2) is 82.9 Å². The van der Waals surface area contributed by atoms with Gasteiger partial charge in [0.1, 0.15) is 22.4 Å². The molecule has 0 bridgehead atoms. The number of alkyl halides is 1. The van der Waals surface area contributed by atoms with Crippen molar-refractivity contribution in [1.82, 2.24) is 9.97 Å². The first kappa shape index (κ1) is 46.2. The molecule has 53 heavy (non-hydrogen) atoms. The molecule has 17 heteroatoms. The van der Waals surface area contributed by atoms with Crippen molar-refractivity contribution in [3.8, 4) is 0 Å². The van der Waals surface area contributed by atoms with Crippen LogP contribution in [0.5, 0.6) is 0 Å². The monoisotopic (exact) mass is 810 g/mol. The van der Waals surface area contributed by atoms with Crippen LogP contribution in [0.2, 0.25) is 0 Å². The summed E-state index contributed by atoms with van der Waals surface area (Å²) >= 11 is 3.24. The Labute approximate surface area is 318 Å². The fourth-order valence-electron chi connectivity index (χ4n) is 3.76. The van der Waals surface area contributed by atoms with Crippen molar-refractivity contribution in [1.29, 1.82) is 0 Å². The second-order valence-electron chi connectivity index (χ2n) is 15.2. The first-order valence-electron chi connectivity index (χ1n) is 16.2. The number of ether oxygens (including phenoxy) is 6. The van der Waals surface area contributed by atoms with E-state index < -0.39 is 58.7 Å². The Bertz CT molecular complexity index is 1610. The molecule has 0 saturated heterocycles. The molecule has 0 atom stereocenters. The third-order valence-corrected chi connectivity index (χ3v) is 6.32. The molecule has 2 heterocycles. The maximum Gasteiger partial charge on any atom is 0.424 e. The molecular weight excluding hydrogens is 760 g/mol. The van der Waals surface area contributed by atoms with Gasteiger partial charge < -0.3 is 28.4 Å². The molecule has 2 aromatic heterocycles. The number of hydrogen-bond donors (Lipinski definition) is 0. The molecule has 0 N–H and O–H groups in total. The van der Waals surface area contributed by atoms with Crippen molar-refractivity contribution < 1.29 is 57.2 Å². The van der Waals surface area contributed by atoms with Crippen LogP contribution < -0.4 is 9.80 Å². The van der Waals surface area contributed by atoms with Gasteiger partial charge in [-0.15, -0.1) is 0 Å². The first-order valence-corrected chi connectivity index (χ1v) is 17.4. The van der Waals surface area contributed by atoms with Crippen LogP contribution >= 0.6 is 15.9 Å². The van der Waals surface area contributed by atoms with Crippen LogP contribution in [0.4, 0.5) is 30.6 Å². The third-order valence-electron chi connectivity index (χ3n) is 5.79. The number of nitrogens with zero attached hydrogens (tertiary/aromatic N) is 4. The lowest BCUT2D eigenvalue weighted by Crippen LogP contribution is -2.44. The summed E-state index contributed by atoms with van der Waals surface area (Å²) < 4.78 is 30.6. The molecule has 0 unspecified atom stereocenters. The van der Waals surface area contributed by atoms with Crippen molar-refractivity contribution in [2.45, 2.75) is 118 Å². The fraction of sp³-hybridized carbons (Fsp3) is 0.556. The minimum atomic E-state index is -0.944. The number of anilines is 2. The molecule has 0 aliphatic carbocycles. The van der Waals surface area contributed by atoms with Gasteiger partial charge in [0.15, 0.2) is 0 Å². The lowest BCUT2D eigenvalue weighted by molar-refractivity contribution is 0.0408. The van der Waals surface area contributed by atoms with E-state index in [1.165, 1.54) is 38.7 Å². The van der Waals surface area contributed by atoms with Gasteiger partial charge in [-0.2, -0.15) is 9.80 Å². The highest BCUT2D eigenvalue weighted by molar-refractivity contribution is 9.08. The van der Waals surface area contributed by atoms with E-state index in [2.05, 4.69) is 25.9 Å². The number of rotatable bonds is 5. The summed E-state index contributed by atoms with van der Waals surface area (Å²) in [6.45, 7) is 21.7. The van der Waals surface area contributed by atoms with E-state index in [1.54, 1.807) is 90.0 Å². The maximum absolute atomic E-state index is 12.6. The van der Waals surface area contributed by atoms with E-state index >= 15 is 0 Å². The van der Waals surface area contributed by atoms with Gasteiger partial charge in [-0.25, -0.2) is 28.8 Å². The Morgan fingerprint density at radius 2 is 0.868 bits per heavy atom. The number of esters is 2. The highest BCUT2D eigenvalue weighted by Gasteiger charge is 2.35. The number of halogens is 1. The Kier molecular flexibility index (Phi) is 16.0. The van der Waals surface area contributed by atoms with Crippen molar-refractivity contribution in [2.24, 2.45) is 0 Å². The average Bonchev–Trinajstić information content (AvgIpc) is 2.98. The summed E-state index contributed by atoms with van der Waals surface area (Å²) in [5, 5.41) is 0.288. The fourth-order valence-corrected chi connectivity index (χ4v) is 4.21. The van der Waals surface area contributed by atoms with Crippen LogP contribution in [0.15, 0.2) is 24.5 Å². The second kappa shape index (κ2) is 18.3. The minimum absolute atomic E-state index is 0.0311. The normalized spacial score (nSPS) is 11.5. The molecule has 294 valence electrons. The number of amides is 4. The second-order valence-corrected chi connectivity index (χ2v) is 15.8. The van der Waals surface area contributed by atoms with E-state index in [1.807, 2.05) is 0 Å². The zero-order chi connectivity index (χ0) is 41.3. The van der Waals surface area contributed by atoms with Crippen LogP contribution in [0.3, 0.4) is 0 Å². The predicted octanol–water partition coefficient (Wildman–Crippen LogP) is 8.29. The topological polar surface area (TPSA) is 190 Å². The SMILES string of the molecule is COC(=O)c1cc(N(C(=O)OC(C)(C)C)C(=O)OC(C)(C)C)cnc1C.COC(=O)c1cc(N(C(=O)OC(C)(C)C)C(=O)OC(C)(C)C)cnc1CBr. The van der Waals surface area contributed by atoms with Gasteiger partial charge in [-0.3, -0.25) is 9.97 Å². The van der Waals surface area contributed by atoms with Crippen molar-refractivity contribution in [3.05, 3.63) is 47.0 Å². The van der Waals surface area contributed by atoms with E-state index in [0.717, 1.165) is 0 Å². The Morgan fingerprint density at radius 1 is 0.566 bits per heavy atom. The molecule has 0 saturated carbocycles. The van der Waals surface area contributed by atoms with Gasteiger partial charge in [0.2, 0.25) is 0 Å². The summed E-state index contributed by atoms with van der Waals surface area (Å²) in [5.74, 6) is -1.28. The van der Waals surface area contributed by atoms with Crippen molar-refractivity contribution in [3.63, 3.8) is 0 Å². The molecule has 0 aliphatic heterocycles. The van der Waals surface area contributed by atoms with Gasteiger partial charge >= 0.3 is 36.3 Å². The number of methoxy groups -OCH3 is 2. The number of carbonyl (C=O) groups excluding carboxylic acids is 6. The van der Waals surface area contributed by atoms with Gasteiger partial charge in [0.05, 0.1) is 60.5 Å².